The summed E-state index contributed by atoms with van der Waals surface area (Å²) in [5, 5.41) is 11.8. The van der Waals surface area contributed by atoms with Crippen molar-refractivity contribution in [2.45, 2.75) is 45.7 Å². The Morgan fingerprint density at radius 2 is 2.14 bits per heavy atom. The zero-order valence-corrected chi connectivity index (χ0v) is 13.7. The summed E-state index contributed by atoms with van der Waals surface area (Å²) in [5.41, 5.74) is 0. The molecule has 1 aromatic heterocycles. The van der Waals surface area contributed by atoms with Crippen LogP contribution in [0.1, 0.15) is 37.8 Å². The van der Waals surface area contributed by atoms with Crippen molar-refractivity contribution >= 4 is 10.0 Å². The second-order valence-corrected chi connectivity index (χ2v) is 7.41. The number of nitrogens with zero attached hydrogens (tertiary/aromatic N) is 4. The van der Waals surface area contributed by atoms with Gasteiger partial charge in [0.25, 0.3) is 0 Å². The summed E-state index contributed by atoms with van der Waals surface area (Å²) in [4.78, 5) is 0. The van der Waals surface area contributed by atoms with Gasteiger partial charge in [-0.1, -0.05) is 6.92 Å². The Morgan fingerprint density at radius 3 is 2.86 bits per heavy atom. The Labute approximate surface area is 126 Å². The molecule has 0 fully saturated rings. The van der Waals surface area contributed by atoms with Gasteiger partial charge in [0.1, 0.15) is 11.6 Å². The molecule has 7 nitrogen and oxygen atoms in total. The quantitative estimate of drug-likeness (QED) is 0.701. The Balaban J connectivity index is 1.72. The minimum Gasteiger partial charge on any atom is -0.314 e. The third kappa shape index (κ3) is 4.49. The number of fused-ring (bicyclic) bond motifs is 1. The normalized spacial score (nSPS) is 15.4. The van der Waals surface area contributed by atoms with Crippen molar-refractivity contribution in [3.05, 3.63) is 11.6 Å². The first-order chi connectivity index (χ1) is 10.0. The van der Waals surface area contributed by atoms with Crippen molar-refractivity contribution in [3.63, 3.8) is 0 Å². The van der Waals surface area contributed by atoms with Crippen LogP contribution in [0.25, 0.3) is 0 Å². The molecule has 8 heteroatoms. The lowest BCUT2D eigenvalue weighted by molar-refractivity contribution is 0.417. The van der Waals surface area contributed by atoms with E-state index in [4.69, 9.17) is 0 Å². The predicted octanol–water partition coefficient (Wildman–Crippen LogP) is 0.376. The number of nitrogens with one attached hydrogen (secondary N) is 1. The number of rotatable bonds is 8. The number of sulfonamides is 1. The fraction of sp³-hybridized carbons (Fsp3) is 0.846. The van der Waals surface area contributed by atoms with Crippen molar-refractivity contribution in [2.75, 3.05) is 25.9 Å². The van der Waals surface area contributed by atoms with E-state index in [0.29, 0.717) is 19.6 Å². The van der Waals surface area contributed by atoms with Gasteiger partial charge in [0.2, 0.25) is 10.0 Å². The fourth-order valence-corrected chi connectivity index (χ4v) is 3.57. The second-order valence-electron chi connectivity index (χ2n) is 5.43. The van der Waals surface area contributed by atoms with E-state index in [1.165, 1.54) is 23.4 Å². The molecule has 1 aliphatic rings. The molecule has 120 valence electrons. The van der Waals surface area contributed by atoms with Crippen LogP contribution in [-0.2, 0) is 29.5 Å². The largest absolute Gasteiger partial charge is 0.314 e. The van der Waals surface area contributed by atoms with E-state index in [0.717, 1.165) is 37.6 Å². The number of aryl methyl sites for hydroxylation is 1. The molecule has 2 rings (SSSR count). The third-order valence-electron chi connectivity index (χ3n) is 3.80. The molecule has 0 aliphatic carbocycles. The molecule has 0 saturated heterocycles. The van der Waals surface area contributed by atoms with Crippen molar-refractivity contribution in [1.82, 2.24) is 24.4 Å². The van der Waals surface area contributed by atoms with Crippen LogP contribution in [0.4, 0.5) is 0 Å². The van der Waals surface area contributed by atoms with Crippen LogP contribution in [-0.4, -0.2) is 53.4 Å². The van der Waals surface area contributed by atoms with Gasteiger partial charge in [-0.15, -0.1) is 10.2 Å². The molecule has 0 amide bonds. The molecule has 21 heavy (non-hydrogen) atoms. The highest BCUT2D eigenvalue weighted by Crippen LogP contribution is 2.13. The van der Waals surface area contributed by atoms with Gasteiger partial charge in [0.15, 0.2) is 0 Å². The highest BCUT2D eigenvalue weighted by atomic mass is 32.2. The second kappa shape index (κ2) is 7.33. The van der Waals surface area contributed by atoms with Crippen LogP contribution in [0.15, 0.2) is 0 Å². The molecule has 0 saturated carbocycles. The van der Waals surface area contributed by atoms with Crippen molar-refractivity contribution in [2.24, 2.45) is 0 Å². The first-order valence-corrected chi connectivity index (χ1v) is 9.44. The Kier molecular flexibility index (Phi) is 5.72. The summed E-state index contributed by atoms with van der Waals surface area (Å²) in [6, 6.07) is 0. The number of hydrogen-bond donors (Lipinski definition) is 1. The monoisotopic (exact) mass is 315 g/mol. The van der Waals surface area contributed by atoms with E-state index < -0.39 is 10.0 Å². The molecule has 0 aromatic carbocycles. The maximum absolute atomic E-state index is 11.5. The summed E-state index contributed by atoms with van der Waals surface area (Å²) in [7, 11) is -3.08. The average Bonchev–Trinajstić information content (AvgIpc) is 2.85. The van der Waals surface area contributed by atoms with E-state index >= 15 is 0 Å². The van der Waals surface area contributed by atoms with Gasteiger partial charge in [-0.2, -0.15) is 0 Å². The summed E-state index contributed by atoms with van der Waals surface area (Å²) < 4.78 is 26.6. The SMILES string of the molecule is CCN(CCCNCc1nnc2n1CCCC2)S(C)(=O)=O. The van der Waals surface area contributed by atoms with E-state index in [1.807, 2.05) is 6.92 Å². The lowest BCUT2D eigenvalue weighted by Crippen LogP contribution is -2.32. The first-order valence-electron chi connectivity index (χ1n) is 7.59. The van der Waals surface area contributed by atoms with Gasteiger partial charge in [-0.3, -0.25) is 0 Å². The molecule has 1 N–H and O–H groups in total. The van der Waals surface area contributed by atoms with Gasteiger partial charge in [0, 0.05) is 26.1 Å². The topological polar surface area (TPSA) is 80.1 Å². The molecule has 1 aromatic rings. The molecule has 0 radical (unpaired) electrons. The Hall–Kier alpha value is -0.990. The van der Waals surface area contributed by atoms with Crippen LogP contribution in [0.5, 0.6) is 0 Å². The number of hydrogen-bond acceptors (Lipinski definition) is 5. The van der Waals surface area contributed by atoms with Gasteiger partial charge in [-0.25, -0.2) is 12.7 Å². The van der Waals surface area contributed by atoms with E-state index in [2.05, 4.69) is 20.1 Å². The smallest absolute Gasteiger partial charge is 0.211 e. The lowest BCUT2D eigenvalue weighted by Gasteiger charge is -2.18. The molecule has 0 spiro atoms. The fourth-order valence-electron chi connectivity index (χ4n) is 2.64. The lowest BCUT2D eigenvalue weighted by atomic mass is 10.2. The van der Waals surface area contributed by atoms with Crippen LogP contribution in [0, 0.1) is 0 Å². The molecule has 0 bridgehead atoms. The average molecular weight is 315 g/mol. The highest BCUT2D eigenvalue weighted by molar-refractivity contribution is 7.88. The van der Waals surface area contributed by atoms with E-state index in [9.17, 15) is 8.42 Å². The maximum atomic E-state index is 11.5. The van der Waals surface area contributed by atoms with Gasteiger partial charge in [-0.05, 0) is 25.8 Å². The first kappa shape index (κ1) is 16.4. The molecular formula is C13H25N5O2S. The van der Waals surface area contributed by atoms with Crippen LogP contribution in [0.2, 0.25) is 0 Å². The summed E-state index contributed by atoms with van der Waals surface area (Å²) in [5.74, 6) is 2.08. The predicted molar refractivity (Wildman–Crippen MR) is 81.4 cm³/mol. The molecule has 1 aliphatic heterocycles. The zero-order chi connectivity index (χ0) is 15.3. The minimum atomic E-state index is -3.08. The minimum absolute atomic E-state index is 0.524. The van der Waals surface area contributed by atoms with Crippen LogP contribution < -0.4 is 5.32 Å². The zero-order valence-electron chi connectivity index (χ0n) is 12.9. The van der Waals surface area contributed by atoms with Crippen molar-refractivity contribution in [1.29, 1.82) is 0 Å². The molecule has 0 atom stereocenters. The molecule has 0 unspecified atom stereocenters. The Morgan fingerprint density at radius 1 is 1.33 bits per heavy atom. The van der Waals surface area contributed by atoms with E-state index in [-0.39, 0.29) is 0 Å². The summed E-state index contributed by atoms with van der Waals surface area (Å²) in [6.45, 7) is 5.41. The standard InChI is InChI=1S/C13H25N5O2S/c1-3-17(21(2,19)20)9-6-8-14-11-13-16-15-12-7-4-5-10-18(12)13/h14H,3-11H2,1-2H3. The third-order valence-corrected chi connectivity index (χ3v) is 5.18. The van der Waals surface area contributed by atoms with Gasteiger partial charge < -0.3 is 9.88 Å². The van der Waals surface area contributed by atoms with Crippen LogP contribution in [0.3, 0.4) is 0 Å². The van der Waals surface area contributed by atoms with Crippen molar-refractivity contribution in [3.8, 4) is 0 Å². The van der Waals surface area contributed by atoms with E-state index in [1.54, 1.807) is 0 Å². The maximum Gasteiger partial charge on any atom is 0.211 e. The van der Waals surface area contributed by atoms with Gasteiger partial charge in [0.05, 0.1) is 12.8 Å². The highest BCUT2D eigenvalue weighted by Gasteiger charge is 2.15. The molecule has 2 heterocycles. The summed E-state index contributed by atoms with van der Waals surface area (Å²) in [6.07, 6.45) is 5.46. The van der Waals surface area contributed by atoms with Crippen molar-refractivity contribution < 1.29 is 8.42 Å². The molecular weight excluding hydrogens is 290 g/mol. The summed E-state index contributed by atoms with van der Waals surface area (Å²) >= 11 is 0. The van der Waals surface area contributed by atoms with Gasteiger partial charge >= 0.3 is 0 Å². The number of aromatic nitrogens is 3. The van der Waals surface area contributed by atoms with Crippen LogP contribution >= 0.6 is 0 Å². The Bertz CT molecular complexity index is 555.